The van der Waals surface area contributed by atoms with Crippen molar-refractivity contribution in [2.75, 3.05) is 0 Å². The molecule has 1 aromatic rings. The first-order valence-electron chi connectivity index (χ1n) is 7.01. The molecule has 3 aliphatic heterocycles. The van der Waals surface area contributed by atoms with Gasteiger partial charge in [-0.05, 0) is 36.3 Å². The fourth-order valence-corrected chi connectivity index (χ4v) is 3.54. The molecule has 1 aliphatic carbocycles. The van der Waals surface area contributed by atoms with Crippen molar-refractivity contribution in [2.45, 2.75) is 12.3 Å². The number of hydrogen-bond donors (Lipinski definition) is 0. The van der Waals surface area contributed by atoms with Crippen molar-refractivity contribution in [3.8, 4) is 5.75 Å². The van der Waals surface area contributed by atoms with Crippen LogP contribution >= 0.6 is 12.4 Å². The molecule has 0 fully saturated rings. The Morgan fingerprint density at radius 2 is 2.14 bits per heavy atom. The molecule has 0 aromatic heterocycles. The molecule has 3 heterocycles. The maximum atomic E-state index is 6.29. The van der Waals surface area contributed by atoms with E-state index in [9.17, 15) is 0 Å². The van der Waals surface area contributed by atoms with Crippen LogP contribution in [-0.4, -0.2) is 12.4 Å². The molecule has 4 aliphatic rings. The highest BCUT2D eigenvalue weighted by Crippen LogP contribution is 2.56. The molecule has 0 amide bonds. The van der Waals surface area contributed by atoms with Gasteiger partial charge in [0.15, 0.2) is 0 Å². The van der Waals surface area contributed by atoms with Crippen molar-refractivity contribution in [1.29, 1.82) is 0 Å². The van der Waals surface area contributed by atoms with E-state index in [1.165, 1.54) is 5.56 Å². The Hall–Kier alpha value is -2.39. The number of aryl methyl sites for hydroxylation is 1. The molecule has 0 bridgehead atoms. The summed E-state index contributed by atoms with van der Waals surface area (Å²) in [6.45, 7) is 2.08. The van der Waals surface area contributed by atoms with Crippen molar-refractivity contribution in [2.24, 2.45) is 9.98 Å². The maximum absolute atomic E-state index is 6.29. The highest BCUT2D eigenvalue weighted by molar-refractivity contribution is 5.94. The highest BCUT2D eigenvalue weighted by Gasteiger charge is 2.51. The van der Waals surface area contributed by atoms with Crippen LogP contribution in [-0.2, 0) is 5.41 Å². The van der Waals surface area contributed by atoms with Crippen LogP contribution in [0.1, 0.15) is 11.1 Å². The average Bonchev–Trinajstić information content (AvgIpc) is 3.07. The third kappa shape index (κ3) is 1.37. The number of benzene rings is 1. The van der Waals surface area contributed by atoms with Gasteiger partial charge in [-0.3, -0.25) is 9.98 Å². The van der Waals surface area contributed by atoms with Crippen molar-refractivity contribution in [3.05, 3.63) is 76.4 Å². The summed E-state index contributed by atoms with van der Waals surface area (Å²) in [4.78, 5) is 8.82. The molecule has 22 heavy (non-hydrogen) atoms. The predicted molar refractivity (Wildman–Crippen MR) is 90.0 cm³/mol. The van der Waals surface area contributed by atoms with Crippen LogP contribution in [0.15, 0.2) is 75.2 Å². The molecular formula is C18H13ClN2O. The van der Waals surface area contributed by atoms with E-state index in [1.54, 1.807) is 0 Å². The fourth-order valence-electron chi connectivity index (χ4n) is 3.54. The Kier molecular flexibility index (Phi) is 2.60. The molecule has 0 radical (unpaired) electrons. The van der Waals surface area contributed by atoms with Gasteiger partial charge in [0.25, 0.3) is 0 Å². The largest absolute Gasteiger partial charge is 0.457 e. The van der Waals surface area contributed by atoms with Gasteiger partial charge in [0.1, 0.15) is 22.6 Å². The molecule has 1 aromatic carbocycles. The molecule has 0 N–H and O–H groups in total. The Morgan fingerprint density at radius 3 is 3.05 bits per heavy atom. The number of allylic oxidation sites excluding steroid dienone is 3. The van der Waals surface area contributed by atoms with E-state index in [-0.39, 0.29) is 17.8 Å². The summed E-state index contributed by atoms with van der Waals surface area (Å²) >= 11 is 0. The molecule has 4 heteroatoms. The lowest BCUT2D eigenvalue weighted by molar-refractivity contribution is 0.406. The lowest BCUT2D eigenvalue weighted by Crippen LogP contribution is -2.32. The van der Waals surface area contributed by atoms with Crippen LogP contribution in [0.5, 0.6) is 5.75 Å². The zero-order valence-electron chi connectivity index (χ0n) is 11.9. The summed E-state index contributed by atoms with van der Waals surface area (Å²) in [6.07, 6.45) is 11.9. The zero-order valence-corrected chi connectivity index (χ0v) is 12.7. The second-order valence-corrected chi connectivity index (χ2v) is 5.63. The van der Waals surface area contributed by atoms with Gasteiger partial charge in [-0.15, -0.1) is 12.4 Å². The number of aliphatic imine (C=N–C) groups is 2. The number of hydrogen-bond acceptors (Lipinski definition) is 3. The lowest BCUT2D eigenvalue weighted by Gasteiger charge is -2.32. The number of halogens is 1. The molecule has 0 saturated heterocycles. The maximum Gasteiger partial charge on any atom is 0.149 e. The van der Waals surface area contributed by atoms with E-state index in [0.717, 1.165) is 33.9 Å². The van der Waals surface area contributed by atoms with E-state index in [4.69, 9.17) is 4.74 Å². The van der Waals surface area contributed by atoms with E-state index in [2.05, 4.69) is 47.3 Å². The summed E-state index contributed by atoms with van der Waals surface area (Å²) in [5.41, 5.74) is 5.14. The summed E-state index contributed by atoms with van der Waals surface area (Å²) in [7, 11) is 0. The molecule has 5 rings (SSSR count). The van der Waals surface area contributed by atoms with Crippen LogP contribution in [0.2, 0.25) is 0 Å². The van der Waals surface area contributed by atoms with Gasteiger partial charge in [0.05, 0.1) is 0 Å². The first-order valence-corrected chi connectivity index (χ1v) is 7.01. The second kappa shape index (κ2) is 4.31. The SMILES string of the molecule is Cc1cccc2c1OC1=C3N=CC=C3C=C3C=NC=CC312.Cl. The van der Waals surface area contributed by atoms with Gasteiger partial charge in [-0.25, -0.2) is 0 Å². The molecule has 108 valence electrons. The molecule has 1 unspecified atom stereocenters. The minimum Gasteiger partial charge on any atom is -0.457 e. The number of para-hydroxylation sites is 1. The first kappa shape index (κ1) is 13.3. The van der Waals surface area contributed by atoms with Gasteiger partial charge in [-0.1, -0.05) is 18.2 Å². The van der Waals surface area contributed by atoms with E-state index >= 15 is 0 Å². The van der Waals surface area contributed by atoms with Gasteiger partial charge in [0.2, 0.25) is 0 Å². The van der Waals surface area contributed by atoms with Gasteiger partial charge in [0, 0.05) is 29.8 Å². The minimum atomic E-state index is -0.364. The summed E-state index contributed by atoms with van der Waals surface area (Å²) < 4.78 is 6.29. The minimum absolute atomic E-state index is 0. The van der Waals surface area contributed by atoms with E-state index in [1.807, 2.05) is 24.7 Å². The first-order chi connectivity index (χ1) is 10.3. The normalized spacial score (nSPS) is 25.5. The second-order valence-electron chi connectivity index (χ2n) is 5.63. The molecular weight excluding hydrogens is 296 g/mol. The highest BCUT2D eigenvalue weighted by atomic mass is 35.5. The van der Waals surface area contributed by atoms with Crippen LogP contribution in [0.25, 0.3) is 0 Å². The van der Waals surface area contributed by atoms with Crippen molar-refractivity contribution < 1.29 is 4.74 Å². The topological polar surface area (TPSA) is 34.0 Å². The monoisotopic (exact) mass is 308 g/mol. The van der Waals surface area contributed by atoms with Gasteiger partial charge < -0.3 is 4.74 Å². The van der Waals surface area contributed by atoms with Crippen LogP contribution in [0.4, 0.5) is 0 Å². The zero-order chi connectivity index (χ0) is 14.0. The van der Waals surface area contributed by atoms with E-state index in [0.29, 0.717) is 0 Å². The fraction of sp³-hybridized carbons (Fsp3) is 0.111. The van der Waals surface area contributed by atoms with Crippen molar-refractivity contribution in [3.63, 3.8) is 0 Å². The number of ether oxygens (including phenoxy) is 1. The van der Waals surface area contributed by atoms with E-state index < -0.39 is 0 Å². The summed E-state index contributed by atoms with van der Waals surface area (Å²) in [5.74, 6) is 1.86. The van der Waals surface area contributed by atoms with Crippen LogP contribution in [0, 0.1) is 6.92 Å². The third-order valence-corrected chi connectivity index (χ3v) is 4.54. The van der Waals surface area contributed by atoms with Gasteiger partial charge >= 0.3 is 0 Å². The van der Waals surface area contributed by atoms with Crippen molar-refractivity contribution >= 4 is 24.8 Å². The molecule has 3 nitrogen and oxygen atoms in total. The number of fused-ring (bicyclic) bond motifs is 2. The van der Waals surface area contributed by atoms with Crippen LogP contribution in [0.3, 0.4) is 0 Å². The standard InChI is InChI=1S/C18H12N2O.ClH/c1-11-3-2-4-14-16(11)21-17-15-12(5-7-20-15)9-13-10-19-8-6-18(13,14)17;/h2-10H,1H3;1H. The molecule has 1 spiro atoms. The van der Waals surface area contributed by atoms with Gasteiger partial charge in [-0.2, -0.15) is 0 Å². The number of nitrogens with zero attached hydrogens (tertiary/aromatic N) is 2. The predicted octanol–water partition coefficient (Wildman–Crippen LogP) is 3.81. The molecule has 0 saturated carbocycles. The Balaban J connectivity index is 0.00000125. The van der Waals surface area contributed by atoms with Crippen LogP contribution < -0.4 is 4.74 Å². The Morgan fingerprint density at radius 1 is 1.23 bits per heavy atom. The number of rotatable bonds is 0. The lowest BCUT2D eigenvalue weighted by atomic mass is 9.69. The Bertz CT molecular complexity index is 886. The molecule has 1 atom stereocenters. The van der Waals surface area contributed by atoms with Crippen molar-refractivity contribution in [1.82, 2.24) is 0 Å². The smallest absolute Gasteiger partial charge is 0.149 e. The summed E-state index contributed by atoms with van der Waals surface area (Å²) in [5, 5.41) is 0. The quantitative estimate of drug-likeness (QED) is 0.717. The third-order valence-electron chi connectivity index (χ3n) is 4.54. The average molecular weight is 309 g/mol. The Labute approximate surface area is 134 Å². The summed E-state index contributed by atoms with van der Waals surface area (Å²) in [6, 6.07) is 6.30.